The molecule has 4 nitrogen and oxygen atoms in total. The van der Waals surface area contributed by atoms with E-state index in [1.807, 2.05) is 0 Å². The molecule has 1 N–H and O–H groups in total. The van der Waals surface area contributed by atoms with Crippen molar-refractivity contribution in [1.82, 2.24) is 0 Å². The van der Waals surface area contributed by atoms with Crippen LogP contribution in [0.25, 0.3) is 0 Å². The standard InChI is InChI=1S/C11H10Cl3F2NO3/c12-5-6-19-10(18)17-7-1-3-8(4-2-7)20-11(15,16)9(13)14/h1-4,9H,5-6H2,(H,17,18). The van der Waals surface area contributed by atoms with Crippen LogP contribution in [0.3, 0.4) is 0 Å². The van der Waals surface area contributed by atoms with E-state index in [0.717, 1.165) is 0 Å². The van der Waals surface area contributed by atoms with Gasteiger partial charge in [-0.3, -0.25) is 5.32 Å². The average Bonchev–Trinajstić information content (AvgIpc) is 2.38. The lowest BCUT2D eigenvalue weighted by atomic mass is 10.3. The summed E-state index contributed by atoms with van der Waals surface area (Å²) in [7, 11) is 0. The van der Waals surface area contributed by atoms with Gasteiger partial charge < -0.3 is 9.47 Å². The Bertz CT molecular complexity index is 443. The first kappa shape index (κ1) is 17.1. The predicted molar refractivity (Wildman–Crippen MR) is 73.2 cm³/mol. The van der Waals surface area contributed by atoms with Crippen LogP contribution in [0, 0.1) is 0 Å². The van der Waals surface area contributed by atoms with Crippen LogP contribution in [0.5, 0.6) is 5.75 Å². The molecule has 0 heterocycles. The zero-order chi connectivity index (χ0) is 15.2. The Balaban J connectivity index is 2.58. The third kappa shape index (κ3) is 5.56. The van der Waals surface area contributed by atoms with Crippen molar-refractivity contribution in [2.75, 3.05) is 17.8 Å². The van der Waals surface area contributed by atoms with Crippen molar-refractivity contribution >= 4 is 46.6 Å². The van der Waals surface area contributed by atoms with Crippen LogP contribution in [-0.4, -0.2) is 29.5 Å². The number of hydrogen-bond donors (Lipinski definition) is 1. The molecule has 0 saturated heterocycles. The Morgan fingerprint density at radius 3 is 2.40 bits per heavy atom. The Labute approximate surface area is 128 Å². The van der Waals surface area contributed by atoms with Crippen molar-refractivity contribution in [3.05, 3.63) is 24.3 Å². The highest BCUT2D eigenvalue weighted by molar-refractivity contribution is 6.44. The lowest BCUT2D eigenvalue weighted by Crippen LogP contribution is -2.32. The molecule has 1 rings (SSSR count). The highest BCUT2D eigenvalue weighted by Gasteiger charge is 2.40. The quantitative estimate of drug-likeness (QED) is 0.782. The average molecular weight is 349 g/mol. The van der Waals surface area contributed by atoms with Crippen molar-refractivity contribution in [2.45, 2.75) is 10.9 Å². The first-order valence-electron chi connectivity index (χ1n) is 5.30. The van der Waals surface area contributed by atoms with E-state index in [4.69, 9.17) is 34.8 Å². The number of anilines is 1. The number of hydrogen-bond acceptors (Lipinski definition) is 3. The second-order valence-corrected chi connectivity index (χ2v) is 4.91. The minimum absolute atomic E-state index is 0.0631. The lowest BCUT2D eigenvalue weighted by Gasteiger charge is -2.18. The first-order valence-corrected chi connectivity index (χ1v) is 6.70. The molecule has 0 aliphatic rings. The van der Waals surface area contributed by atoms with E-state index in [1.165, 1.54) is 24.3 Å². The third-order valence-electron chi connectivity index (χ3n) is 1.92. The van der Waals surface area contributed by atoms with Crippen LogP contribution in [0.1, 0.15) is 0 Å². The summed E-state index contributed by atoms with van der Waals surface area (Å²) in [4.78, 5) is 9.20. The third-order valence-corrected chi connectivity index (χ3v) is 2.58. The van der Waals surface area contributed by atoms with Gasteiger partial charge in [-0.2, -0.15) is 8.78 Å². The van der Waals surface area contributed by atoms with Crippen LogP contribution >= 0.6 is 34.8 Å². The number of carbonyl (C=O) groups excluding carboxylic acids is 1. The number of alkyl halides is 5. The largest absolute Gasteiger partial charge is 0.448 e. The van der Waals surface area contributed by atoms with Gasteiger partial charge in [-0.15, -0.1) is 11.6 Å². The van der Waals surface area contributed by atoms with Crippen molar-refractivity contribution in [3.63, 3.8) is 0 Å². The minimum Gasteiger partial charge on any atom is -0.448 e. The van der Waals surface area contributed by atoms with Gasteiger partial charge in [-0.25, -0.2) is 4.79 Å². The predicted octanol–water partition coefficient (Wildman–Crippen LogP) is 4.25. The monoisotopic (exact) mass is 347 g/mol. The summed E-state index contributed by atoms with van der Waals surface area (Å²) in [5.74, 6) is 0.0220. The van der Waals surface area contributed by atoms with Gasteiger partial charge >= 0.3 is 12.2 Å². The van der Waals surface area contributed by atoms with Gasteiger partial charge in [0.1, 0.15) is 12.4 Å². The Kier molecular flexibility index (Phi) is 6.58. The molecule has 0 fully saturated rings. The van der Waals surface area contributed by atoms with Crippen molar-refractivity contribution in [3.8, 4) is 5.75 Å². The number of carbonyl (C=O) groups is 1. The molecule has 1 aromatic rings. The van der Waals surface area contributed by atoms with Crippen LogP contribution < -0.4 is 10.1 Å². The number of benzene rings is 1. The lowest BCUT2D eigenvalue weighted by molar-refractivity contribution is -0.163. The molecule has 0 saturated carbocycles. The molecule has 0 aliphatic heterocycles. The zero-order valence-electron chi connectivity index (χ0n) is 9.92. The number of halogens is 5. The highest BCUT2D eigenvalue weighted by atomic mass is 35.5. The molecule has 0 aromatic heterocycles. The number of nitrogens with one attached hydrogen (secondary N) is 1. The summed E-state index contributed by atoms with van der Waals surface area (Å²) in [6.07, 6.45) is -4.41. The normalized spacial score (nSPS) is 11.3. The van der Waals surface area contributed by atoms with Crippen LogP contribution in [0.15, 0.2) is 24.3 Å². The van der Waals surface area contributed by atoms with Gasteiger partial charge in [0.25, 0.3) is 0 Å². The zero-order valence-corrected chi connectivity index (χ0v) is 12.2. The molecular weight excluding hydrogens is 338 g/mol. The van der Waals surface area contributed by atoms with E-state index in [1.54, 1.807) is 0 Å². The van der Waals surface area contributed by atoms with Gasteiger partial charge in [-0.1, -0.05) is 23.2 Å². The highest BCUT2D eigenvalue weighted by Crippen LogP contribution is 2.30. The second-order valence-electron chi connectivity index (χ2n) is 3.44. The number of amides is 1. The second kappa shape index (κ2) is 7.71. The van der Waals surface area contributed by atoms with Gasteiger partial charge in [0, 0.05) is 5.69 Å². The van der Waals surface area contributed by atoms with Crippen molar-refractivity contribution in [2.24, 2.45) is 0 Å². The van der Waals surface area contributed by atoms with E-state index in [-0.39, 0.29) is 18.2 Å². The molecule has 0 unspecified atom stereocenters. The Morgan fingerprint density at radius 1 is 1.30 bits per heavy atom. The summed E-state index contributed by atoms with van der Waals surface area (Å²) in [5.41, 5.74) is 0.341. The number of rotatable bonds is 6. The van der Waals surface area contributed by atoms with Gasteiger partial charge in [0.15, 0.2) is 0 Å². The summed E-state index contributed by atoms with van der Waals surface area (Å²) in [6, 6.07) is 5.15. The van der Waals surface area contributed by atoms with E-state index in [9.17, 15) is 13.6 Å². The fourth-order valence-electron chi connectivity index (χ4n) is 1.09. The SMILES string of the molecule is O=C(Nc1ccc(OC(F)(F)C(Cl)Cl)cc1)OCCCl. The topological polar surface area (TPSA) is 47.6 Å². The molecule has 0 radical (unpaired) electrons. The molecule has 9 heteroatoms. The molecule has 0 aliphatic carbocycles. The smallest absolute Gasteiger partial charge is 0.428 e. The fourth-order valence-corrected chi connectivity index (χ4v) is 1.26. The van der Waals surface area contributed by atoms with Crippen LogP contribution in [0.2, 0.25) is 0 Å². The van der Waals surface area contributed by atoms with Gasteiger partial charge in [0.05, 0.1) is 5.88 Å². The molecule has 0 spiro atoms. The summed E-state index contributed by atoms with van der Waals surface area (Å²) in [5, 5.41) is 2.37. The minimum atomic E-state index is -3.71. The Morgan fingerprint density at radius 2 is 1.90 bits per heavy atom. The molecule has 20 heavy (non-hydrogen) atoms. The van der Waals surface area contributed by atoms with Gasteiger partial charge in [0.2, 0.25) is 4.84 Å². The molecular formula is C11H10Cl3F2NO3. The molecule has 1 aromatic carbocycles. The fraction of sp³-hybridized carbons (Fsp3) is 0.364. The Hall–Kier alpha value is -0.980. The summed E-state index contributed by atoms with van der Waals surface area (Å²) < 4.78 is 35.2. The maximum absolute atomic E-state index is 13.1. The van der Waals surface area contributed by atoms with Crippen LogP contribution in [-0.2, 0) is 4.74 Å². The first-order chi connectivity index (χ1) is 9.35. The number of ether oxygens (including phenoxy) is 2. The molecule has 0 atom stereocenters. The summed E-state index contributed by atoms with van der Waals surface area (Å²) >= 11 is 15.5. The maximum atomic E-state index is 13.1. The van der Waals surface area contributed by atoms with Crippen LogP contribution in [0.4, 0.5) is 19.3 Å². The molecule has 0 bridgehead atoms. The molecule has 1 amide bonds. The van der Waals surface area contributed by atoms with Crippen molar-refractivity contribution in [1.29, 1.82) is 0 Å². The van der Waals surface area contributed by atoms with Crippen molar-refractivity contribution < 1.29 is 23.0 Å². The van der Waals surface area contributed by atoms with Gasteiger partial charge in [-0.05, 0) is 24.3 Å². The van der Waals surface area contributed by atoms with E-state index in [0.29, 0.717) is 5.69 Å². The maximum Gasteiger partial charge on any atom is 0.428 e. The summed E-state index contributed by atoms with van der Waals surface area (Å²) in [6.45, 7) is 0.0631. The van der Waals surface area contributed by atoms with E-state index < -0.39 is 17.0 Å². The molecule has 112 valence electrons. The van der Waals surface area contributed by atoms with E-state index >= 15 is 0 Å². The van der Waals surface area contributed by atoms with E-state index in [2.05, 4.69) is 14.8 Å².